The molecule has 0 rings (SSSR count). The molecule has 0 aromatic rings. The predicted octanol–water partition coefficient (Wildman–Crippen LogP) is 1.24. The zero-order valence-corrected chi connectivity index (χ0v) is 7.01. The smallest absolute Gasteiger partial charge is 0.303 e. The second-order valence-electron chi connectivity index (χ2n) is 3.09. The molecule has 66 valence electrons. The van der Waals surface area contributed by atoms with Crippen molar-refractivity contribution in [3.63, 3.8) is 0 Å². The molecule has 0 unspecified atom stereocenters. The Morgan fingerprint density at radius 1 is 1.73 bits per heavy atom. The lowest BCUT2D eigenvalue weighted by molar-refractivity contribution is -0.137. The molecule has 3 nitrogen and oxygen atoms in total. The first-order chi connectivity index (χ1) is 6.82. The van der Waals surface area contributed by atoms with Gasteiger partial charge in [0.1, 0.15) is 1.41 Å². The lowest BCUT2D eigenvalue weighted by atomic mass is 10.1. The third-order valence-electron chi connectivity index (χ3n) is 0.828. The van der Waals surface area contributed by atoms with Gasteiger partial charge in [-0.1, -0.05) is 0 Å². The van der Waals surface area contributed by atoms with Gasteiger partial charge in [0.15, 0.2) is 0 Å². The van der Waals surface area contributed by atoms with Crippen LogP contribution in [0.4, 0.5) is 0 Å². The average Bonchev–Trinajstić information content (AvgIpc) is 2.00. The maximum absolute atomic E-state index is 10.6. The summed E-state index contributed by atoms with van der Waals surface area (Å²) in [7, 11) is 0. The first-order valence-corrected chi connectivity index (χ1v) is 3.32. The number of carbonyl (C=O) groups is 1. The summed E-state index contributed by atoms with van der Waals surface area (Å²) < 4.78 is 36.7. The third kappa shape index (κ3) is 9.43. The molecular formula is C8H17NO2. The number of aliphatic carboxylic acids is 1. The van der Waals surface area contributed by atoms with Crippen molar-refractivity contribution in [3.05, 3.63) is 0 Å². The first kappa shape index (κ1) is 4.45. The molecule has 2 N–H and O–H groups in total. The van der Waals surface area contributed by atoms with E-state index in [0.717, 1.165) is 5.31 Å². The molecule has 0 aromatic carbocycles. The molecule has 0 aliphatic heterocycles. The van der Waals surface area contributed by atoms with E-state index in [1.165, 1.54) is 0 Å². The highest BCUT2D eigenvalue weighted by atomic mass is 16.4. The van der Waals surface area contributed by atoms with E-state index < -0.39 is 30.8 Å². The molecule has 11 heavy (non-hydrogen) atoms. The number of carboxylic acid groups (broad SMARTS) is 1. The summed E-state index contributed by atoms with van der Waals surface area (Å²) in [5, 5.41) is 9.44. The maximum atomic E-state index is 10.6. The second-order valence-corrected chi connectivity index (χ2v) is 3.09. The van der Waals surface area contributed by atoms with Crippen LogP contribution in [-0.4, -0.2) is 23.2 Å². The summed E-state index contributed by atoms with van der Waals surface area (Å²) >= 11 is 0. The van der Waals surface area contributed by atoms with E-state index in [-0.39, 0.29) is 0 Å². The van der Waals surface area contributed by atoms with E-state index in [2.05, 4.69) is 0 Å². The van der Waals surface area contributed by atoms with Crippen LogP contribution in [0.5, 0.6) is 0 Å². The molecule has 0 spiro atoms. The van der Waals surface area contributed by atoms with Gasteiger partial charge in [0, 0.05) is 17.4 Å². The first-order valence-electron chi connectivity index (χ1n) is 5.77. The van der Waals surface area contributed by atoms with Crippen molar-refractivity contribution in [1.29, 1.82) is 0 Å². The molecule has 0 aromatic heterocycles. The van der Waals surface area contributed by atoms with Crippen molar-refractivity contribution < 1.29 is 16.8 Å². The molecule has 0 radical (unpaired) electrons. The van der Waals surface area contributed by atoms with Gasteiger partial charge in [-0.2, -0.15) is 0 Å². The van der Waals surface area contributed by atoms with E-state index in [0.29, 0.717) is 0 Å². The SMILES string of the molecule is [2H]N(CC([2H])([2H])C([2H])([2H])C(=O)O)C(C)(C)C. The second kappa shape index (κ2) is 4.34. The van der Waals surface area contributed by atoms with Crippen LogP contribution in [0.25, 0.3) is 0 Å². The van der Waals surface area contributed by atoms with Crippen molar-refractivity contribution in [2.45, 2.75) is 39.1 Å². The Hall–Kier alpha value is -0.570. The van der Waals surface area contributed by atoms with Crippen molar-refractivity contribution >= 4 is 5.97 Å². The lowest BCUT2D eigenvalue weighted by Gasteiger charge is -2.19. The Bertz CT molecular complexity index is 274. The Morgan fingerprint density at radius 3 is 2.64 bits per heavy atom. The molecule has 0 fully saturated rings. The maximum Gasteiger partial charge on any atom is 0.303 e. The molecule has 0 bridgehead atoms. The van der Waals surface area contributed by atoms with Gasteiger partial charge >= 0.3 is 5.97 Å². The number of rotatable bonds is 4. The molecule has 0 atom stereocenters. The number of nitrogens with one attached hydrogen (secondary N) is 1. The van der Waals surface area contributed by atoms with E-state index >= 15 is 0 Å². The van der Waals surface area contributed by atoms with Crippen molar-refractivity contribution in [2.24, 2.45) is 0 Å². The minimum atomic E-state index is -3.02. The van der Waals surface area contributed by atoms with E-state index in [1.807, 2.05) is 0 Å². The van der Waals surface area contributed by atoms with Crippen LogP contribution in [0.3, 0.4) is 0 Å². The van der Waals surface area contributed by atoms with Gasteiger partial charge in [0.2, 0.25) is 0 Å². The molecule has 0 aliphatic carbocycles. The van der Waals surface area contributed by atoms with Gasteiger partial charge in [-0.25, -0.2) is 0 Å². The molecule has 0 saturated carbocycles. The van der Waals surface area contributed by atoms with Gasteiger partial charge in [0.05, 0.1) is 0 Å². The van der Waals surface area contributed by atoms with Crippen LogP contribution < -0.4 is 5.31 Å². The Morgan fingerprint density at radius 2 is 2.27 bits per heavy atom. The average molecular weight is 164 g/mol. The summed E-state index contributed by atoms with van der Waals surface area (Å²) in [6.45, 7) is 4.36. The highest BCUT2D eigenvalue weighted by Crippen LogP contribution is 1.98. The fourth-order valence-corrected chi connectivity index (χ4v) is 0.392. The fraction of sp³-hybridized carbons (Fsp3) is 0.875. The molecule has 0 saturated heterocycles. The zero-order chi connectivity index (χ0) is 13.4. The number of hydrogen-bond donors (Lipinski definition) is 2. The lowest BCUT2D eigenvalue weighted by Crippen LogP contribution is -2.36. The third-order valence-corrected chi connectivity index (χ3v) is 0.828. The van der Waals surface area contributed by atoms with E-state index in [1.54, 1.807) is 20.8 Å². The Balaban J connectivity index is 4.90. The summed E-state index contributed by atoms with van der Waals surface area (Å²) in [4.78, 5) is 10.6. The molecule has 3 heteroatoms. The summed E-state index contributed by atoms with van der Waals surface area (Å²) in [5.41, 5.74) is -0.679. The highest BCUT2D eigenvalue weighted by Gasteiger charge is 2.07. The number of carboxylic acids is 1. The van der Waals surface area contributed by atoms with Crippen LogP contribution in [0.2, 0.25) is 1.41 Å². The zero-order valence-electron chi connectivity index (χ0n) is 12.0. The fourth-order valence-electron chi connectivity index (χ4n) is 0.392. The largest absolute Gasteiger partial charge is 0.481 e. The summed E-state index contributed by atoms with van der Waals surface area (Å²) in [6, 6.07) is 0. The molecule has 0 heterocycles. The van der Waals surface area contributed by atoms with Crippen LogP contribution in [-0.2, 0) is 4.79 Å². The molecular weight excluding hydrogens is 142 g/mol. The minimum absolute atomic E-state index is 0.615. The Kier molecular flexibility index (Phi) is 1.76. The standard InChI is InChI=1S/C8H17NO2/c1-8(2,3)9-6-4-5-7(10)11/h9H,4-6H2,1-3H3,(H,10,11)/i4D2,5D2/hD. The van der Waals surface area contributed by atoms with Crippen molar-refractivity contribution in [2.75, 3.05) is 6.54 Å². The highest BCUT2D eigenvalue weighted by molar-refractivity contribution is 5.66. The van der Waals surface area contributed by atoms with Crippen LogP contribution >= 0.6 is 0 Å². The summed E-state index contributed by atoms with van der Waals surface area (Å²) in [5.74, 6) is -1.86. The quantitative estimate of drug-likeness (QED) is 0.657. The van der Waals surface area contributed by atoms with Gasteiger partial charge in [-0.15, -0.1) is 0 Å². The normalized spacial score (nSPS) is 21.3. The van der Waals surface area contributed by atoms with Gasteiger partial charge in [0.25, 0.3) is 0 Å². The van der Waals surface area contributed by atoms with Gasteiger partial charge in [-0.3, -0.25) is 4.79 Å². The number of hydrogen-bond acceptors (Lipinski definition) is 2. The topological polar surface area (TPSA) is 49.3 Å². The Labute approximate surface area is 74.9 Å². The molecule has 0 amide bonds. The van der Waals surface area contributed by atoms with Crippen LogP contribution in [0, 0.1) is 0 Å². The van der Waals surface area contributed by atoms with Crippen LogP contribution in [0.15, 0.2) is 0 Å². The van der Waals surface area contributed by atoms with Crippen molar-refractivity contribution in [1.82, 2.24) is 5.31 Å². The monoisotopic (exact) mass is 164 g/mol. The van der Waals surface area contributed by atoms with E-state index in [4.69, 9.17) is 12.0 Å². The van der Waals surface area contributed by atoms with Gasteiger partial charge < -0.3 is 10.4 Å². The minimum Gasteiger partial charge on any atom is -0.481 e. The predicted molar refractivity (Wildman–Crippen MR) is 44.6 cm³/mol. The van der Waals surface area contributed by atoms with Crippen LogP contribution in [0.1, 0.15) is 39.0 Å². The van der Waals surface area contributed by atoms with E-state index in [9.17, 15) is 4.79 Å². The van der Waals surface area contributed by atoms with Gasteiger partial charge in [-0.05, 0) is 33.7 Å². The van der Waals surface area contributed by atoms with Crippen molar-refractivity contribution in [3.8, 4) is 0 Å². The summed E-state index contributed by atoms with van der Waals surface area (Å²) in [6.07, 6.45) is -5.65. The molecule has 0 aliphatic rings.